The lowest BCUT2D eigenvalue weighted by molar-refractivity contribution is -0.125. The molecule has 1 rings (SSSR count). The van der Waals surface area contributed by atoms with E-state index in [1.807, 2.05) is 0 Å². The van der Waals surface area contributed by atoms with E-state index in [0.29, 0.717) is 0 Å². The molecule has 0 heterocycles. The highest BCUT2D eigenvalue weighted by Gasteiger charge is 2.35. The molecule has 0 amide bonds. The van der Waals surface area contributed by atoms with Crippen molar-refractivity contribution in [3.05, 3.63) is 35.9 Å². The number of hydrogen-bond acceptors (Lipinski definition) is 7. The molecule has 1 aromatic rings. The summed E-state index contributed by atoms with van der Waals surface area (Å²) in [5.41, 5.74) is 5.53. The molecule has 0 bridgehead atoms. The molecule has 6 N–H and O–H groups in total. The van der Waals surface area contributed by atoms with E-state index in [9.17, 15) is 24.9 Å². The lowest BCUT2D eigenvalue weighted by Gasteiger charge is -2.25. The van der Waals surface area contributed by atoms with E-state index in [1.165, 1.54) is 12.1 Å². The van der Waals surface area contributed by atoms with Crippen molar-refractivity contribution in [1.82, 2.24) is 0 Å². The summed E-state index contributed by atoms with van der Waals surface area (Å²) in [4.78, 5) is 23.6. The molecule has 20 heavy (non-hydrogen) atoms. The predicted octanol–water partition coefficient (Wildman–Crippen LogP) is -2.16. The predicted molar refractivity (Wildman–Crippen MR) is 68.9 cm³/mol. The van der Waals surface area contributed by atoms with Gasteiger partial charge in [0, 0.05) is 5.56 Å². The summed E-state index contributed by atoms with van der Waals surface area (Å²) in [6.45, 7) is -0.814. The molecule has 4 atom stereocenters. The topological polar surface area (TPSA) is 141 Å². The Labute approximate surface area is 115 Å². The van der Waals surface area contributed by atoms with Crippen LogP contribution in [-0.2, 0) is 4.79 Å². The van der Waals surface area contributed by atoms with Crippen molar-refractivity contribution in [2.45, 2.75) is 24.4 Å². The number of rotatable bonds is 7. The maximum Gasteiger partial charge on any atom is 0.230 e. The molecule has 0 aliphatic carbocycles. The Morgan fingerprint density at radius 1 is 1.05 bits per heavy atom. The summed E-state index contributed by atoms with van der Waals surface area (Å²) in [6, 6.07) is 5.92. The van der Waals surface area contributed by atoms with Crippen LogP contribution in [0.3, 0.4) is 0 Å². The number of nitrogens with two attached hydrogens (primary N) is 1. The van der Waals surface area contributed by atoms with Gasteiger partial charge < -0.3 is 26.2 Å². The smallest absolute Gasteiger partial charge is 0.230 e. The molecule has 7 heteroatoms. The maximum atomic E-state index is 11.8. The minimum Gasteiger partial charge on any atom is -0.394 e. The van der Waals surface area contributed by atoms with Crippen LogP contribution < -0.4 is 5.73 Å². The molecule has 1 aromatic carbocycles. The summed E-state index contributed by atoms with van der Waals surface area (Å²) < 4.78 is 0. The van der Waals surface area contributed by atoms with E-state index in [4.69, 9.17) is 10.8 Å². The molecule has 7 nitrogen and oxygen atoms in total. The molecule has 0 aliphatic rings. The first-order valence-electron chi connectivity index (χ1n) is 5.94. The van der Waals surface area contributed by atoms with Gasteiger partial charge in [-0.3, -0.25) is 9.59 Å². The zero-order valence-corrected chi connectivity index (χ0v) is 10.6. The van der Waals surface area contributed by atoms with Gasteiger partial charge in [-0.2, -0.15) is 0 Å². The molecule has 110 valence electrons. The largest absolute Gasteiger partial charge is 0.394 e. The van der Waals surface area contributed by atoms with Crippen molar-refractivity contribution in [1.29, 1.82) is 0 Å². The van der Waals surface area contributed by atoms with Crippen LogP contribution in [0.5, 0.6) is 0 Å². The van der Waals surface area contributed by atoms with Crippen LogP contribution in [0.4, 0.5) is 0 Å². The van der Waals surface area contributed by atoms with Gasteiger partial charge in [-0.1, -0.05) is 30.3 Å². The van der Waals surface area contributed by atoms with Gasteiger partial charge in [0.15, 0.2) is 0 Å². The molecular formula is C13H17NO6. The molecule has 0 aromatic heterocycles. The fourth-order valence-electron chi connectivity index (χ4n) is 1.59. The van der Waals surface area contributed by atoms with Gasteiger partial charge in [-0.15, -0.1) is 0 Å². The number of carbonyl (C=O) groups excluding carboxylic acids is 2. The average molecular weight is 283 g/mol. The molecule has 0 unspecified atom stereocenters. The molecule has 0 saturated carbocycles. The lowest BCUT2D eigenvalue weighted by Crippen LogP contribution is -2.54. The third kappa shape index (κ3) is 3.69. The Balaban J connectivity index is 2.79. The van der Waals surface area contributed by atoms with Gasteiger partial charge >= 0.3 is 0 Å². The third-order valence-electron chi connectivity index (χ3n) is 2.86. The summed E-state index contributed by atoms with van der Waals surface area (Å²) in [5.74, 6) is -1.99. The second-order valence-corrected chi connectivity index (χ2v) is 4.32. The average Bonchev–Trinajstić information content (AvgIpc) is 2.51. The molecular weight excluding hydrogens is 266 g/mol. The first-order chi connectivity index (χ1) is 9.40. The maximum absolute atomic E-state index is 11.8. The molecule has 0 fully saturated rings. The Bertz CT molecular complexity index is 463. The Morgan fingerprint density at radius 3 is 2.10 bits per heavy atom. The Kier molecular flexibility index (Phi) is 5.93. The van der Waals surface area contributed by atoms with Crippen LogP contribution in [0.15, 0.2) is 30.3 Å². The van der Waals surface area contributed by atoms with Crippen molar-refractivity contribution in [3.63, 3.8) is 0 Å². The van der Waals surface area contributed by atoms with Crippen LogP contribution in [0, 0.1) is 0 Å². The fourth-order valence-corrected chi connectivity index (χ4v) is 1.59. The van der Waals surface area contributed by atoms with E-state index in [0.717, 1.165) is 0 Å². The van der Waals surface area contributed by atoms with Crippen molar-refractivity contribution < 1.29 is 30.0 Å². The zero-order valence-electron chi connectivity index (χ0n) is 10.6. The highest BCUT2D eigenvalue weighted by atomic mass is 16.4. The van der Waals surface area contributed by atoms with Crippen LogP contribution >= 0.6 is 0 Å². The number of aliphatic hydroxyl groups is 4. The minimum atomic E-state index is -1.86. The van der Waals surface area contributed by atoms with E-state index >= 15 is 0 Å². The molecule has 0 radical (unpaired) electrons. The Hall–Kier alpha value is -1.64. The van der Waals surface area contributed by atoms with E-state index < -0.39 is 42.5 Å². The highest BCUT2D eigenvalue weighted by Crippen LogP contribution is 2.08. The summed E-state index contributed by atoms with van der Waals surface area (Å²) in [7, 11) is 0. The van der Waals surface area contributed by atoms with Crippen molar-refractivity contribution >= 4 is 11.6 Å². The standard InChI is InChI=1S/C13H17NO6/c14-9(13(20)11(18)8(16)6-15)12(19)10(17)7-4-2-1-3-5-7/h1-5,8-9,11,13,15-16,18,20H,6,14H2/t8-,9+,11+,13-/m1/s1. The second-order valence-electron chi connectivity index (χ2n) is 4.32. The van der Waals surface area contributed by atoms with E-state index in [1.54, 1.807) is 18.2 Å². The van der Waals surface area contributed by atoms with Crippen molar-refractivity contribution in [2.24, 2.45) is 5.73 Å². The first-order valence-corrected chi connectivity index (χ1v) is 5.94. The van der Waals surface area contributed by atoms with E-state index in [2.05, 4.69) is 0 Å². The van der Waals surface area contributed by atoms with Gasteiger partial charge in [-0.25, -0.2) is 0 Å². The van der Waals surface area contributed by atoms with Gasteiger partial charge in [0.25, 0.3) is 0 Å². The normalized spacial score (nSPS) is 17.1. The fraction of sp³-hybridized carbons (Fsp3) is 0.385. The highest BCUT2D eigenvalue weighted by molar-refractivity contribution is 6.45. The lowest BCUT2D eigenvalue weighted by atomic mass is 9.94. The zero-order chi connectivity index (χ0) is 15.3. The quantitative estimate of drug-likeness (QED) is 0.283. The van der Waals surface area contributed by atoms with Crippen LogP contribution in [0.2, 0.25) is 0 Å². The Morgan fingerprint density at radius 2 is 1.60 bits per heavy atom. The number of aliphatic hydroxyl groups excluding tert-OH is 4. The molecule has 0 aliphatic heterocycles. The van der Waals surface area contributed by atoms with Gasteiger partial charge in [0.2, 0.25) is 11.6 Å². The van der Waals surface area contributed by atoms with Crippen molar-refractivity contribution in [2.75, 3.05) is 6.61 Å². The minimum absolute atomic E-state index is 0.109. The number of carbonyl (C=O) groups is 2. The van der Waals surface area contributed by atoms with Crippen molar-refractivity contribution in [3.8, 4) is 0 Å². The number of hydrogen-bond donors (Lipinski definition) is 5. The van der Waals surface area contributed by atoms with Gasteiger partial charge in [-0.05, 0) is 0 Å². The SMILES string of the molecule is N[C@@H](C(=O)C(=O)c1ccccc1)[C@@H](O)[C@@H](O)[C@H](O)CO. The summed E-state index contributed by atoms with van der Waals surface area (Å²) in [6.07, 6.45) is -5.35. The number of Topliss-reactive ketones (excluding diaryl/α,β-unsaturated/α-hetero) is 2. The van der Waals surface area contributed by atoms with Crippen LogP contribution in [-0.4, -0.2) is 63.0 Å². The second kappa shape index (κ2) is 7.22. The molecule has 0 saturated heterocycles. The van der Waals surface area contributed by atoms with Gasteiger partial charge in [0.1, 0.15) is 24.4 Å². The summed E-state index contributed by atoms with van der Waals surface area (Å²) in [5, 5.41) is 36.9. The van der Waals surface area contributed by atoms with Crippen LogP contribution in [0.1, 0.15) is 10.4 Å². The monoisotopic (exact) mass is 283 g/mol. The number of ketones is 2. The molecule has 0 spiro atoms. The van der Waals surface area contributed by atoms with Crippen LogP contribution in [0.25, 0.3) is 0 Å². The first kappa shape index (κ1) is 16.4. The third-order valence-corrected chi connectivity index (χ3v) is 2.86. The van der Waals surface area contributed by atoms with E-state index in [-0.39, 0.29) is 5.56 Å². The number of benzene rings is 1. The van der Waals surface area contributed by atoms with Gasteiger partial charge in [0.05, 0.1) is 6.61 Å². The summed E-state index contributed by atoms with van der Waals surface area (Å²) >= 11 is 0.